The van der Waals surface area contributed by atoms with Gasteiger partial charge in [0, 0.05) is 11.0 Å². The molecule has 0 bridgehead atoms. The maximum absolute atomic E-state index is 13.6. The lowest BCUT2D eigenvalue weighted by molar-refractivity contribution is -0.119. The van der Waals surface area contributed by atoms with Gasteiger partial charge in [0.2, 0.25) is 5.91 Å². The molecule has 2 aromatic rings. The van der Waals surface area contributed by atoms with Crippen LogP contribution in [-0.4, -0.2) is 18.8 Å². The van der Waals surface area contributed by atoms with E-state index in [2.05, 4.69) is 5.32 Å². The molecule has 3 nitrogen and oxygen atoms in total. The Bertz CT molecular complexity index is 748. The maximum atomic E-state index is 13.6. The molecule has 0 radical (unpaired) electrons. The summed E-state index contributed by atoms with van der Waals surface area (Å²) in [7, 11) is 1.61. The molecule has 1 amide bonds. The molecule has 1 fully saturated rings. The molecule has 1 unspecified atom stereocenters. The molecule has 0 saturated heterocycles. The van der Waals surface area contributed by atoms with Crippen molar-refractivity contribution in [3.05, 3.63) is 59.7 Å². The van der Waals surface area contributed by atoms with Crippen molar-refractivity contribution < 1.29 is 18.3 Å². The van der Waals surface area contributed by atoms with Crippen LogP contribution in [0.25, 0.3) is 0 Å². The smallest absolute Gasteiger partial charge is 0.230 e. The quantitative estimate of drug-likeness (QED) is 0.744. The lowest BCUT2D eigenvalue weighted by atomic mass is 10.0. The Morgan fingerprint density at radius 1 is 1.24 bits per heavy atom. The average Bonchev–Trinajstić information content (AvgIpc) is 3.44. The van der Waals surface area contributed by atoms with Crippen LogP contribution in [0.4, 0.5) is 8.78 Å². The van der Waals surface area contributed by atoms with Crippen LogP contribution in [0.1, 0.15) is 24.4 Å². The molecular formula is C19H19F2NO2S. The van der Waals surface area contributed by atoms with Gasteiger partial charge in [0.1, 0.15) is 17.4 Å². The number of hydrogen-bond acceptors (Lipinski definition) is 3. The number of carbonyl (C=O) groups excluding carboxylic acids is 1. The first kappa shape index (κ1) is 17.7. The second-order valence-electron chi connectivity index (χ2n) is 6.02. The van der Waals surface area contributed by atoms with Crippen LogP contribution in [-0.2, 0) is 4.79 Å². The first-order chi connectivity index (χ1) is 12.1. The fourth-order valence-electron chi connectivity index (χ4n) is 2.66. The highest BCUT2D eigenvalue weighted by Crippen LogP contribution is 2.41. The van der Waals surface area contributed by atoms with Gasteiger partial charge in [-0.1, -0.05) is 12.1 Å². The Hall–Kier alpha value is -2.08. The Morgan fingerprint density at radius 2 is 1.96 bits per heavy atom. The Kier molecular flexibility index (Phi) is 5.58. The van der Waals surface area contributed by atoms with Crippen molar-refractivity contribution >= 4 is 17.7 Å². The van der Waals surface area contributed by atoms with Crippen LogP contribution >= 0.6 is 11.8 Å². The second-order valence-corrected chi connectivity index (χ2v) is 7.04. The monoisotopic (exact) mass is 363 g/mol. The van der Waals surface area contributed by atoms with E-state index in [9.17, 15) is 13.6 Å². The molecule has 0 aliphatic heterocycles. The fraction of sp³-hybridized carbons (Fsp3) is 0.316. The minimum atomic E-state index is -0.647. The zero-order valence-corrected chi connectivity index (χ0v) is 14.6. The Balaban J connectivity index is 1.61. The van der Waals surface area contributed by atoms with E-state index in [0.717, 1.165) is 42.0 Å². The summed E-state index contributed by atoms with van der Waals surface area (Å²) in [6.07, 6.45) is 2.16. The summed E-state index contributed by atoms with van der Waals surface area (Å²) in [5.41, 5.74) is 1.04. The zero-order chi connectivity index (χ0) is 17.8. The molecule has 1 atom stereocenters. The molecule has 0 aromatic heterocycles. The van der Waals surface area contributed by atoms with Crippen LogP contribution in [0, 0.1) is 17.6 Å². The molecule has 0 heterocycles. The summed E-state index contributed by atoms with van der Waals surface area (Å²) < 4.78 is 31.7. The molecule has 1 saturated carbocycles. The van der Waals surface area contributed by atoms with Gasteiger partial charge in [-0.2, -0.15) is 0 Å². The Labute approximate surface area is 149 Å². The van der Waals surface area contributed by atoms with Crippen LogP contribution in [0.3, 0.4) is 0 Å². The predicted molar refractivity (Wildman–Crippen MR) is 93.7 cm³/mol. The number of benzene rings is 2. The molecule has 1 N–H and O–H groups in total. The normalized spacial score (nSPS) is 14.8. The van der Waals surface area contributed by atoms with E-state index < -0.39 is 11.6 Å². The molecular weight excluding hydrogens is 344 g/mol. The summed E-state index contributed by atoms with van der Waals surface area (Å²) in [5, 5.41) is 3.04. The van der Waals surface area contributed by atoms with Gasteiger partial charge in [-0.15, -0.1) is 11.8 Å². The zero-order valence-electron chi connectivity index (χ0n) is 13.8. The van der Waals surface area contributed by atoms with Gasteiger partial charge in [-0.3, -0.25) is 4.79 Å². The minimum absolute atomic E-state index is 0.0444. The van der Waals surface area contributed by atoms with E-state index >= 15 is 0 Å². The van der Waals surface area contributed by atoms with Crippen LogP contribution in [0.5, 0.6) is 5.75 Å². The number of methoxy groups -OCH3 is 1. The lowest BCUT2D eigenvalue weighted by Gasteiger charge is -2.19. The highest BCUT2D eigenvalue weighted by atomic mass is 32.2. The average molecular weight is 363 g/mol. The topological polar surface area (TPSA) is 38.3 Å². The van der Waals surface area contributed by atoms with Gasteiger partial charge in [0.15, 0.2) is 0 Å². The largest absolute Gasteiger partial charge is 0.497 e. The minimum Gasteiger partial charge on any atom is -0.497 e. The van der Waals surface area contributed by atoms with Crippen LogP contribution in [0.2, 0.25) is 0 Å². The van der Waals surface area contributed by atoms with Crippen molar-refractivity contribution in [1.29, 1.82) is 0 Å². The second kappa shape index (κ2) is 7.87. The molecule has 0 spiro atoms. The van der Waals surface area contributed by atoms with Gasteiger partial charge < -0.3 is 10.1 Å². The van der Waals surface area contributed by atoms with E-state index in [4.69, 9.17) is 4.74 Å². The molecule has 25 heavy (non-hydrogen) atoms. The number of thioether (sulfide) groups is 1. The molecule has 132 valence electrons. The van der Waals surface area contributed by atoms with Crippen LogP contribution in [0.15, 0.2) is 47.4 Å². The summed E-state index contributed by atoms with van der Waals surface area (Å²) in [6, 6.07) is 11.0. The van der Waals surface area contributed by atoms with Gasteiger partial charge in [0.05, 0.1) is 18.9 Å². The number of ether oxygens (including phenoxy) is 1. The summed E-state index contributed by atoms with van der Waals surface area (Å²) >= 11 is 1.07. The first-order valence-electron chi connectivity index (χ1n) is 8.08. The molecule has 1 aliphatic rings. The van der Waals surface area contributed by atoms with E-state index in [0.29, 0.717) is 5.92 Å². The maximum Gasteiger partial charge on any atom is 0.230 e. The lowest BCUT2D eigenvalue weighted by Crippen LogP contribution is -2.31. The number of halogens is 2. The van der Waals surface area contributed by atoms with Crippen molar-refractivity contribution in [2.24, 2.45) is 5.92 Å². The van der Waals surface area contributed by atoms with Gasteiger partial charge >= 0.3 is 0 Å². The summed E-state index contributed by atoms with van der Waals surface area (Å²) in [6.45, 7) is 0. The van der Waals surface area contributed by atoms with Gasteiger partial charge in [0.25, 0.3) is 0 Å². The van der Waals surface area contributed by atoms with Gasteiger partial charge in [-0.25, -0.2) is 8.78 Å². The molecule has 1 aliphatic carbocycles. The van der Waals surface area contributed by atoms with Crippen molar-refractivity contribution in [3.63, 3.8) is 0 Å². The van der Waals surface area contributed by atoms with Crippen molar-refractivity contribution in [3.8, 4) is 5.75 Å². The van der Waals surface area contributed by atoms with Crippen molar-refractivity contribution in [1.82, 2.24) is 5.32 Å². The summed E-state index contributed by atoms with van der Waals surface area (Å²) in [5.74, 6) is -0.147. The van der Waals surface area contributed by atoms with Gasteiger partial charge in [-0.05, 0) is 48.6 Å². The third-order valence-corrected chi connectivity index (χ3v) is 5.19. The predicted octanol–water partition coefficient (Wildman–Crippen LogP) is 4.33. The molecule has 2 aromatic carbocycles. The SMILES string of the molecule is COc1ccc(C(NC(=O)CSc2ccc(F)cc2F)C2CC2)cc1. The number of amides is 1. The number of rotatable bonds is 7. The standard InChI is InChI=1S/C19H19F2NO2S/c1-24-15-7-4-13(5-8-15)19(12-2-3-12)22-18(23)11-25-17-9-6-14(20)10-16(17)21/h4-10,12,19H,2-3,11H2,1H3,(H,22,23). The first-order valence-corrected chi connectivity index (χ1v) is 9.06. The van der Waals surface area contributed by atoms with E-state index in [-0.39, 0.29) is 22.6 Å². The van der Waals surface area contributed by atoms with Crippen LogP contribution < -0.4 is 10.1 Å². The number of carbonyl (C=O) groups is 1. The summed E-state index contributed by atoms with van der Waals surface area (Å²) in [4.78, 5) is 12.5. The van der Waals surface area contributed by atoms with E-state index in [1.54, 1.807) is 7.11 Å². The third kappa shape index (κ3) is 4.72. The molecule has 3 rings (SSSR count). The van der Waals surface area contributed by atoms with Crippen molar-refractivity contribution in [2.45, 2.75) is 23.8 Å². The van der Waals surface area contributed by atoms with E-state index in [1.165, 1.54) is 12.1 Å². The number of nitrogens with one attached hydrogen (secondary N) is 1. The van der Waals surface area contributed by atoms with Crippen molar-refractivity contribution in [2.75, 3.05) is 12.9 Å². The third-order valence-electron chi connectivity index (χ3n) is 4.14. The number of hydrogen-bond donors (Lipinski definition) is 1. The Morgan fingerprint density at radius 3 is 2.56 bits per heavy atom. The fourth-order valence-corrected chi connectivity index (χ4v) is 3.40. The highest BCUT2D eigenvalue weighted by molar-refractivity contribution is 8.00. The van der Waals surface area contributed by atoms with E-state index in [1.807, 2.05) is 24.3 Å². The molecule has 6 heteroatoms. The highest BCUT2D eigenvalue weighted by Gasteiger charge is 2.33.